The van der Waals surface area contributed by atoms with Gasteiger partial charge in [-0.05, 0) is 54.8 Å². The summed E-state index contributed by atoms with van der Waals surface area (Å²) in [6.45, 7) is 5.61. The Morgan fingerprint density at radius 3 is 2.45 bits per heavy atom. The Balaban J connectivity index is 1.64. The van der Waals surface area contributed by atoms with E-state index in [1.54, 1.807) is 17.5 Å². The van der Waals surface area contributed by atoms with Crippen molar-refractivity contribution in [2.75, 3.05) is 26.8 Å². The highest BCUT2D eigenvalue weighted by atomic mass is 32.2. The van der Waals surface area contributed by atoms with Crippen LogP contribution in [0, 0.1) is 5.92 Å². The summed E-state index contributed by atoms with van der Waals surface area (Å²) in [5.41, 5.74) is 4.88. The number of nitrogens with zero attached hydrogens (tertiary/aromatic N) is 1. The minimum atomic E-state index is -3.75. The molecule has 180 valence electrons. The van der Waals surface area contributed by atoms with E-state index in [2.05, 4.69) is 24.7 Å². The summed E-state index contributed by atoms with van der Waals surface area (Å²) >= 11 is 1.00. The Morgan fingerprint density at radius 2 is 1.79 bits per heavy atom. The molecule has 0 saturated carbocycles. The molecule has 0 unspecified atom stereocenters. The van der Waals surface area contributed by atoms with Crippen LogP contribution in [0.2, 0.25) is 0 Å². The molecule has 0 radical (unpaired) electrons. The molecule has 1 saturated heterocycles. The van der Waals surface area contributed by atoms with Gasteiger partial charge in [0.05, 0.1) is 13.7 Å². The van der Waals surface area contributed by atoms with E-state index >= 15 is 0 Å². The smallest absolute Gasteiger partial charge is 0.281 e. The third-order valence-corrected chi connectivity index (χ3v) is 8.17. The van der Waals surface area contributed by atoms with Gasteiger partial charge in [-0.1, -0.05) is 13.8 Å². The van der Waals surface area contributed by atoms with Crippen LogP contribution >= 0.6 is 11.3 Å². The highest BCUT2D eigenvalue weighted by molar-refractivity contribution is 7.89. The molecule has 0 aliphatic carbocycles. The number of ether oxygens (including phenoxy) is 2. The first kappa shape index (κ1) is 25.0. The van der Waals surface area contributed by atoms with Crippen LogP contribution < -0.4 is 20.3 Å². The molecule has 2 N–H and O–H groups in total. The van der Waals surface area contributed by atoms with Crippen molar-refractivity contribution in [2.24, 2.45) is 5.92 Å². The van der Waals surface area contributed by atoms with Crippen LogP contribution in [0.3, 0.4) is 0 Å². The summed E-state index contributed by atoms with van der Waals surface area (Å²) in [7, 11) is -2.27. The molecular weight excluding hydrogens is 466 g/mol. The minimum absolute atomic E-state index is 0.0219. The third-order valence-electron chi connectivity index (χ3n) is 5.19. The SMILES string of the molecule is COc1cc(C(=O)NNC(=O)c2sccc2S(=O)(=O)N2CCCC2)ccc1OCCC(C)C. The van der Waals surface area contributed by atoms with Gasteiger partial charge in [0.1, 0.15) is 9.77 Å². The molecular formula is C22H29N3O6S2. The summed E-state index contributed by atoms with van der Waals surface area (Å²) in [5, 5.41) is 1.54. The molecule has 33 heavy (non-hydrogen) atoms. The molecule has 2 aromatic rings. The van der Waals surface area contributed by atoms with Crippen LogP contribution in [0.15, 0.2) is 34.5 Å². The average molecular weight is 496 g/mol. The Bertz CT molecular complexity index is 1090. The lowest BCUT2D eigenvalue weighted by Gasteiger charge is -2.16. The average Bonchev–Trinajstić information content (AvgIpc) is 3.50. The summed E-state index contributed by atoms with van der Waals surface area (Å²) in [5.74, 6) is 0.149. The van der Waals surface area contributed by atoms with E-state index in [1.807, 2.05) is 0 Å². The van der Waals surface area contributed by atoms with E-state index in [9.17, 15) is 18.0 Å². The van der Waals surface area contributed by atoms with Crippen molar-refractivity contribution in [2.45, 2.75) is 38.0 Å². The zero-order valence-electron chi connectivity index (χ0n) is 18.9. The molecule has 2 amide bonds. The quantitative estimate of drug-likeness (QED) is 0.517. The van der Waals surface area contributed by atoms with Gasteiger partial charge in [-0.3, -0.25) is 20.4 Å². The molecule has 2 heterocycles. The maximum absolute atomic E-state index is 12.8. The fraction of sp³-hybridized carbons (Fsp3) is 0.455. The number of methoxy groups -OCH3 is 1. The number of carbonyl (C=O) groups is 2. The number of carbonyl (C=O) groups excluding carboxylic acids is 2. The topological polar surface area (TPSA) is 114 Å². The second kappa shape index (κ2) is 11.0. The number of thiophene rings is 1. The normalized spacial score (nSPS) is 14.3. The first-order chi connectivity index (χ1) is 15.7. The van der Waals surface area contributed by atoms with Crippen molar-refractivity contribution in [3.05, 3.63) is 40.1 Å². The van der Waals surface area contributed by atoms with Crippen LogP contribution in [0.5, 0.6) is 11.5 Å². The first-order valence-corrected chi connectivity index (χ1v) is 13.0. The van der Waals surface area contributed by atoms with Gasteiger partial charge in [0.2, 0.25) is 10.0 Å². The highest BCUT2D eigenvalue weighted by Gasteiger charge is 2.32. The number of hydrazine groups is 1. The van der Waals surface area contributed by atoms with E-state index in [0.29, 0.717) is 37.1 Å². The van der Waals surface area contributed by atoms with Gasteiger partial charge in [0.25, 0.3) is 11.8 Å². The second-order valence-electron chi connectivity index (χ2n) is 8.03. The van der Waals surface area contributed by atoms with Crippen LogP contribution in [0.4, 0.5) is 0 Å². The lowest BCUT2D eigenvalue weighted by atomic mass is 10.1. The fourth-order valence-electron chi connectivity index (χ4n) is 3.31. The molecule has 1 aromatic carbocycles. The van der Waals surface area contributed by atoms with Crippen molar-refractivity contribution in [3.8, 4) is 11.5 Å². The largest absolute Gasteiger partial charge is 0.493 e. The Hall–Kier alpha value is -2.63. The summed E-state index contributed by atoms with van der Waals surface area (Å²) < 4.78 is 38.1. The van der Waals surface area contributed by atoms with E-state index in [1.165, 1.54) is 23.5 Å². The summed E-state index contributed by atoms with van der Waals surface area (Å²) in [6.07, 6.45) is 2.48. The monoisotopic (exact) mass is 495 g/mol. The number of sulfonamides is 1. The van der Waals surface area contributed by atoms with E-state index in [4.69, 9.17) is 9.47 Å². The van der Waals surface area contributed by atoms with E-state index < -0.39 is 21.8 Å². The van der Waals surface area contributed by atoms with Crippen molar-refractivity contribution in [3.63, 3.8) is 0 Å². The van der Waals surface area contributed by atoms with Crippen molar-refractivity contribution < 1.29 is 27.5 Å². The summed E-state index contributed by atoms with van der Waals surface area (Å²) in [4.78, 5) is 25.2. The van der Waals surface area contributed by atoms with Gasteiger partial charge in [-0.2, -0.15) is 4.31 Å². The predicted molar refractivity (Wildman–Crippen MR) is 125 cm³/mol. The number of hydrogen-bond acceptors (Lipinski definition) is 7. The number of amides is 2. The van der Waals surface area contributed by atoms with Gasteiger partial charge in [-0.15, -0.1) is 11.3 Å². The van der Waals surface area contributed by atoms with Crippen LogP contribution in [0.25, 0.3) is 0 Å². The molecule has 3 rings (SSSR count). The van der Waals surface area contributed by atoms with Gasteiger partial charge in [-0.25, -0.2) is 8.42 Å². The first-order valence-electron chi connectivity index (χ1n) is 10.7. The molecule has 1 aromatic heterocycles. The molecule has 1 fully saturated rings. The van der Waals surface area contributed by atoms with Crippen molar-refractivity contribution >= 4 is 33.2 Å². The maximum atomic E-state index is 12.8. The third kappa shape index (κ3) is 6.04. The highest BCUT2D eigenvalue weighted by Crippen LogP contribution is 2.29. The minimum Gasteiger partial charge on any atom is -0.493 e. The molecule has 11 heteroatoms. The predicted octanol–water partition coefficient (Wildman–Crippen LogP) is 3.04. The standard InChI is InChI=1S/C22H29N3O6S2/c1-15(2)8-12-31-17-7-6-16(14-18(17)30-3)21(26)23-24-22(27)20-19(9-13-32-20)33(28,29)25-10-4-5-11-25/h6-7,9,13-15H,4-5,8,10-12H2,1-3H3,(H,23,26)(H,24,27). The van der Waals surface area contributed by atoms with Gasteiger partial charge >= 0.3 is 0 Å². The molecule has 0 atom stereocenters. The number of rotatable bonds is 9. The molecule has 0 spiro atoms. The van der Waals surface area contributed by atoms with E-state index in [-0.39, 0.29) is 15.3 Å². The molecule has 1 aliphatic heterocycles. The lowest BCUT2D eigenvalue weighted by Crippen LogP contribution is -2.42. The van der Waals surface area contributed by atoms with Crippen LogP contribution in [0.1, 0.15) is 53.1 Å². The molecule has 9 nitrogen and oxygen atoms in total. The Labute approximate surface area is 198 Å². The number of benzene rings is 1. The zero-order chi connectivity index (χ0) is 24.0. The Morgan fingerprint density at radius 1 is 1.09 bits per heavy atom. The Kier molecular flexibility index (Phi) is 8.33. The zero-order valence-corrected chi connectivity index (χ0v) is 20.6. The van der Waals surface area contributed by atoms with Crippen LogP contribution in [-0.4, -0.2) is 51.3 Å². The number of nitrogens with one attached hydrogen (secondary N) is 2. The molecule has 1 aliphatic rings. The number of hydrogen-bond donors (Lipinski definition) is 2. The van der Waals surface area contributed by atoms with Gasteiger partial charge in [0, 0.05) is 18.7 Å². The van der Waals surface area contributed by atoms with Crippen molar-refractivity contribution in [1.82, 2.24) is 15.2 Å². The van der Waals surface area contributed by atoms with Crippen LogP contribution in [-0.2, 0) is 10.0 Å². The van der Waals surface area contributed by atoms with Gasteiger partial charge < -0.3 is 9.47 Å². The second-order valence-corrected chi connectivity index (χ2v) is 10.9. The van der Waals surface area contributed by atoms with E-state index in [0.717, 1.165) is 30.6 Å². The fourth-order valence-corrected chi connectivity index (χ4v) is 6.12. The van der Waals surface area contributed by atoms with Crippen molar-refractivity contribution in [1.29, 1.82) is 0 Å². The lowest BCUT2D eigenvalue weighted by molar-refractivity contribution is 0.0847. The molecule has 0 bridgehead atoms. The maximum Gasteiger partial charge on any atom is 0.281 e. The summed E-state index contributed by atoms with van der Waals surface area (Å²) in [6, 6.07) is 6.12. The van der Waals surface area contributed by atoms with Gasteiger partial charge in [0.15, 0.2) is 11.5 Å².